The third-order valence-electron chi connectivity index (χ3n) is 4.68. The van der Waals surface area contributed by atoms with Crippen LogP contribution in [0.2, 0.25) is 5.02 Å². The Hall–Kier alpha value is -1.30. The Bertz CT molecular complexity index is 537. The predicted molar refractivity (Wildman–Crippen MR) is 107 cm³/mol. The highest BCUT2D eigenvalue weighted by Gasteiger charge is 2.16. The monoisotopic (exact) mass is 365 g/mol. The highest BCUT2D eigenvalue weighted by molar-refractivity contribution is 6.30. The van der Waals surface area contributed by atoms with Crippen molar-refractivity contribution in [1.29, 1.82) is 0 Å². The van der Waals surface area contributed by atoms with Gasteiger partial charge in [-0.3, -0.25) is 4.99 Å². The summed E-state index contributed by atoms with van der Waals surface area (Å²) in [6.07, 6.45) is 0. The van der Waals surface area contributed by atoms with Crippen LogP contribution in [0.5, 0.6) is 0 Å². The van der Waals surface area contributed by atoms with Gasteiger partial charge in [0.2, 0.25) is 0 Å². The summed E-state index contributed by atoms with van der Waals surface area (Å²) in [6, 6.07) is 7.97. The van der Waals surface area contributed by atoms with E-state index in [1.807, 2.05) is 19.2 Å². The van der Waals surface area contributed by atoms with Crippen LogP contribution in [0.1, 0.15) is 12.5 Å². The fraction of sp³-hybridized carbons (Fsp3) is 0.632. The van der Waals surface area contributed by atoms with E-state index in [2.05, 4.69) is 58.2 Å². The minimum absolute atomic E-state index is 0.587. The second kappa shape index (κ2) is 10.00. The third kappa shape index (κ3) is 6.84. The van der Waals surface area contributed by atoms with Gasteiger partial charge in [0.25, 0.3) is 0 Å². The highest BCUT2D eigenvalue weighted by Crippen LogP contribution is 2.11. The fourth-order valence-corrected chi connectivity index (χ4v) is 3.25. The molecule has 2 rings (SSSR count). The number of nitrogens with zero attached hydrogens (tertiary/aromatic N) is 4. The van der Waals surface area contributed by atoms with Crippen LogP contribution >= 0.6 is 11.6 Å². The van der Waals surface area contributed by atoms with Crippen LogP contribution < -0.4 is 5.32 Å². The lowest BCUT2D eigenvalue weighted by atomic mass is 10.1. The highest BCUT2D eigenvalue weighted by atomic mass is 35.5. The van der Waals surface area contributed by atoms with Crippen LogP contribution in [0.4, 0.5) is 0 Å². The first-order valence-corrected chi connectivity index (χ1v) is 9.43. The lowest BCUT2D eigenvalue weighted by Crippen LogP contribution is -2.47. The van der Waals surface area contributed by atoms with Crippen molar-refractivity contribution >= 4 is 17.6 Å². The van der Waals surface area contributed by atoms with Crippen molar-refractivity contribution in [2.24, 2.45) is 10.9 Å². The first-order chi connectivity index (χ1) is 12.0. The van der Waals surface area contributed by atoms with Crippen molar-refractivity contribution in [1.82, 2.24) is 20.0 Å². The van der Waals surface area contributed by atoms with Gasteiger partial charge in [0.1, 0.15) is 0 Å². The molecule has 1 N–H and O–H groups in total. The smallest absolute Gasteiger partial charge is 0.193 e. The minimum Gasteiger partial charge on any atom is -0.356 e. The van der Waals surface area contributed by atoms with E-state index in [9.17, 15) is 0 Å². The van der Waals surface area contributed by atoms with Crippen LogP contribution in [0, 0.1) is 5.92 Å². The molecule has 25 heavy (non-hydrogen) atoms. The number of nitrogens with one attached hydrogen (secondary N) is 1. The molecule has 0 amide bonds. The summed E-state index contributed by atoms with van der Waals surface area (Å²) in [6.45, 7) is 9.87. The third-order valence-corrected chi connectivity index (χ3v) is 4.93. The van der Waals surface area contributed by atoms with Gasteiger partial charge in [0.05, 0.1) is 0 Å². The van der Waals surface area contributed by atoms with Crippen LogP contribution in [0.3, 0.4) is 0 Å². The summed E-state index contributed by atoms with van der Waals surface area (Å²) in [5, 5.41) is 4.28. The molecule has 0 aliphatic carbocycles. The summed E-state index contributed by atoms with van der Waals surface area (Å²) in [5.41, 5.74) is 1.22. The molecule has 0 bridgehead atoms. The Balaban J connectivity index is 1.75. The van der Waals surface area contributed by atoms with Gasteiger partial charge in [-0.25, -0.2) is 0 Å². The summed E-state index contributed by atoms with van der Waals surface area (Å²) in [4.78, 5) is 11.5. The van der Waals surface area contributed by atoms with E-state index in [1.54, 1.807) is 0 Å². The molecule has 1 aromatic rings. The largest absolute Gasteiger partial charge is 0.356 e. The number of guanidine groups is 1. The maximum absolute atomic E-state index is 5.95. The molecule has 0 saturated carbocycles. The molecule has 0 radical (unpaired) electrons. The number of halogens is 1. The van der Waals surface area contributed by atoms with E-state index in [4.69, 9.17) is 11.6 Å². The second-order valence-corrected chi connectivity index (χ2v) is 7.56. The Morgan fingerprint density at radius 3 is 2.48 bits per heavy atom. The van der Waals surface area contributed by atoms with E-state index < -0.39 is 0 Å². The van der Waals surface area contributed by atoms with E-state index in [0.29, 0.717) is 5.92 Å². The van der Waals surface area contributed by atoms with Crippen molar-refractivity contribution in [3.05, 3.63) is 34.9 Å². The minimum atomic E-state index is 0.587. The molecule has 140 valence electrons. The van der Waals surface area contributed by atoms with Crippen LogP contribution in [-0.4, -0.2) is 81.1 Å². The molecule has 0 aromatic heterocycles. The number of rotatable bonds is 6. The lowest BCUT2D eigenvalue weighted by molar-refractivity contribution is 0.139. The topological polar surface area (TPSA) is 34.1 Å². The van der Waals surface area contributed by atoms with Gasteiger partial charge in [-0.1, -0.05) is 30.7 Å². The lowest BCUT2D eigenvalue weighted by Gasteiger charge is -2.34. The predicted octanol–water partition coefficient (Wildman–Crippen LogP) is 2.23. The van der Waals surface area contributed by atoms with E-state index in [-0.39, 0.29) is 0 Å². The van der Waals surface area contributed by atoms with Crippen LogP contribution in [0.15, 0.2) is 29.3 Å². The standard InChI is InChI=1S/C19H32ClN5/c1-16(14-25-11-9-23(3)10-12-25)13-22-19(21-2)24(4)15-17-5-7-18(20)8-6-17/h5-8,16H,9-15H2,1-4H3,(H,21,22). The molecule has 1 atom stereocenters. The summed E-state index contributed by atoms with van der Waals surface area (Å²) in [7, 11) is 6.10. The van der Waals surface area contributed by atoms with Gasteiger partial charge < -0.3 is 20.0 Å². The van der Waals surface area contributed by atoms with E-state index >= 15 is 0 Å². The maximum Gasteiger partial charge on any atom is 0.193 e. The summed E-state index contributed by atoms with van der Waals surface area (Å²) >= 11 is 5.95. The fourth-order valence-electron chi connectivity index (χ4n) is 3.12. The molecule has 1 aliphatic heterocycles. The van der Waals surface area contributed by atoms with Crippen LogP contribution in [-0.2, 0) is 6.54 Å². The van der Waals surface area contributed by atoms with Crippen LogP contribution in [0.25, 0.3) is 0 Å². The first kappa shape index (κ1) is 20.0. The van der Waals surface area contributed by atoms with E-state index in [1.165, 1.54) is 31.7 Å². The number of piperazine rings is 1. The van der Waals surface area contributed by atoms with Crippen molar-refractivity contribution in [3.8, 4) is 0 Å². The quantitative estimate of drug-likeness (QED) is 0.619. The molecule has 1 unspecified atom stereocenters. The molecular weight excluding hydrogens is 334 g/mol. The Morgan fingerprint density at radius 2 is 1.88 bits per heavy atom. The second-order valence-electron chi connectivity index (χ2n) is 7.12. The molecular formula is C19H32ClN5. The van der Waals surface area contributed by atoms with Gasteiger partial charge in [-0.05, 0) is 30.7 Å². The number of hydrogen-bond donors (Lipinski definition) is 1. The van der Waals surface area contributed by atoms with Gasteiger partial charge in [0, 0.05) is 64.9 Å². The zero-order valence-corrected chi connectivity index (χ0v) is 16.8. The SMILES string of the molecule is CN=C(NCC(C)CN1CCN(C)CC1)N(C)Cc1ccc(Cl)cc1. The van der Waals surface area contributed by atoms with Gasteiger partial charge >= 0.3 is 0 Å². The Kier molecular flexibility index (Phi) is 8.00. The van der Waals surface area contributed by atoms with Gasteiger partial charge in [-0.15, -0.1) is 0 Å². The molecule has 1 heterocycles. The molecule has 1 aliphatic rings. The Morgan fingerprint density at radius 1 is 1.24 bits per heavy atom. The van der Waals surface area contributed by atoms with Gasteiger partial charge in [0.15, 0.2) is 5.96 Å². The van der Waals surface area contributed by atoms with Crippen molar-refractivity contribution in [2.45, 2.75) is 13.5 Å². The van der Waals surface area contributed by atoms with Crippen molar-refractivity contribution < 1.29 is 0 Å². The van der Waals surface area contributed by atoms with Crippen molar-refractivity contribution in [3.63, 3.8) is 0 Å². The molecule has 1 aromatic carbocycles. The maximum atomic E-state index is 5.95. The summed E-state index contributed by atoms with van der Waals surface area (Å²) in [5.74, 6) is 1.52. The average Bonchev–Trinajstić information content (AvgIpc) is 2.59. The Labute approximate surface area is 157 Å². The zero-order valence-electron chi connectivity index (χ0n) is 16.0. The van der Waals surface area contributed by atoms with Gasteiger partial charge in [-0.2, -0.15) is 0 Å². The van der Waals surface area contributed by atoms with Crippen molar-refractivity contribution in [2.75, 3.05) is 60.4 Å². The molecule has 1 saturated heterocycles. The average molecular weight is 366 g/mol. The number of aliphatic imine (C=N–C) groups is 1. The number of likely N-dealkylation sites (N-methyl/N-ethyl adjacent to an activating group) is 1. The molecule has 0 spiro atoms. The molecule has 5 nitrogen and oxygen atoms in total. The molecule has 6 heteroatoms. The number of benzene rings is 1. The normalized spacial score (nSPS) is 18.2. The zero-order chi connectivity index (χ0) is 18.2. The summed E-state index contributed by atoms with van der Waals surface area (Å²) < 4.78 is 0. The van der Waals surface area contributed by atoms with E-state index in [0.717, 1.165) is 30.6 Å². The first-order valence-electron chi connectivity index (χ1n) is 9.05. The number of hydrogen-bond acceptors (Lipinski definition) is 3. The molecule has 1 fully saturated rings.